The van der Waals surface area contributed by atoms with Crippen molar-refractivity contribution in [3.05, 3.63) is 84.4 Å². The molecule has 0 aliphatic heterocycles. The molecule has 0 aliphatic carbocycles. The Balaban J connectivity index is 1.46. The molecule has 4 heteroatoms. The molecule has 0 amide bonds. The molecule has 0 atom stereocenters. The van der Waals surface area contributed by atoms with E-state index in [4.69, 9.17) is 4.74 Å². The zero-order chi connectivity index (χ0) is 18.0. The van der Waals surface area contributed by atoms with Crippen molar-refractivity contribution in [2.45, 2.75) is 21.7 Å². The van der Waals surface area contributed by atoms with Crippen molar-refractivity contribution in [1.29, 1.82) is 0 Å². The second-order valence-corrected chi connectivity index (χ2v) is 9.29. The zero-order valence-corrected chi connectivity index (χ0v) is 17.4. The summed E-state index contributed by atoms with van der Waals surface area (Å²) in [4.78, 5) is 2.61. The first-order valence-corrected chi connectivity index (χ1v) is 11.5. The van der Waals surface area contributed by atoms with Gasteiger partial charge in [0.2, 0.25) is 0 Å². The summed E-state index contributed by atoms with van der Waals surface area (Å²) in [6, 6.07) is 27.6. The third-order valence-electron chi connectivity index (χ3n) is 3.87. The third-order valence-corrected chi connectivity index (χ3v) is 7.12. The molecule has 0 spiro atoms. The second-order valence-electron chi connectivity index (χ2n) is 5.72. The zero-order valence-electron chi connectivity index (χ0n) is 14.9. The molecule has 0 fully saturated rings. The van der Waals surface area contributed by atoms with Gasteiger partial charge in [-0.25, -0.2) is 0 Å². The van der Waals surface area contributed by atoms with Crippen LogP contribution >= 0.6 is 11.8 Å². The molecule has 3 aromatic rings. The van der Waals surface area contributed by atoms with E-state index < -0.39 is 0 Å². The van der Waals surface area contributed by atoms with Crippen LogP contribution in [-0.4, -0.2) is 28.6 Å². The Labute approximate surface area is 166 Å². The van der Waals surface area contributed by atoms with Crippen LogP contribution in [0.1, 0.15) is 5.56 Å². The van der Waals surface area contributed by atoms with Crippen LogP contribution in [0.2, 0.25) is 5.32 Å². The van der Waals surface area contributed by atoms with Gasteiger partial charge in [-0.05, 0) is 0 Å². The van der Waals surface area contributed by atoms with Gasteiger partial charge in [-0.3, -0.25) is 0 Å². The Morgan fingerprint density at radius 2 is 1.62 bits per heavy atom. The molecule has 3 rings (SSSR count). The summed E-state index contributed by atoms with van der Waals surface area (Å²) >= 11 is 2.33. The van der Waals surface area contributed by atoms with Gasteiger partial charge in [-0.2, -0.15) is 0 Å². The third kappa shape index (κ3) is 5.93. The van der Waals surface area contributed by atoms with E-state index in [0.717, 1.165) is 18.8 Å². The number of methoxy groups -OCH3 is 1. The normalized spacial score (nSPS) is 10.7. The standard InChI is InChI=1S/C22H23NOSSe/c1-24-19-11-13-21(14-12-19)26-16-15-23-17-18-7-5-6-10-22(18)25-20-8-3-2-4-9-20/h2-14,23H,15-17H2,1H3. The molecule has 1 N–H and O–H groups in total. The fraction of sp³-hybridized carbons (Fsp3) is 0.182. The Bertz CT molecular complexity index is 793. The van der Waals surface area contributed by atoms with E-state index in [1.807, 2.05) is 23.9 Å². The topological polar surface area (TPSA) is 21.3 Å². The summed E-state index contributed by atoms with van der Waals surface area (Å²) in [6.07, 6.45) is 0. The molecule has 134 valence electrons. The van der Waals surface area contributed by atoms with Crippen LogP contribution in [-0.2, 0) is 6.54 Å². The minimum atomic E-state index is 0.498. The predicted octanol–water partition coefficient (Wildman–Crippen LogP) is 4.38. The average Bonchev–Trinajstić information content (AvgIpc) is 2.70. The molecule has 2 nitrogen and oxygen atoms in total. The number of hydrogen-bond acceptors (Lipinski definition) is 3. The first kappa shape index (κ1) is 19.1. The Morgan fingerprint density at radius 1 is 0.885 bits per heavy atom. The predicted molar refractivity (Wildman–Crippen MR) is 112 cm³/mol. The minimum absolute atomic E-state index is 0.498. The Hall–Kier alpha value is -1.71. The summed E-state index contributed by atoms with van der Waals surface area (Å²) < 4.78 is 6.62. The van der Waals surface area contributed by atoms with Crippen molar-refractivity contribution in [2.75, 3.05) is 13.7 Å². The van der Waals surface area contributed by atoms with Gasteiger partial charge in [0.15, 0.2) is 0 Å². The van der Waals surface area contributed by atoms with Crippen LogP contribution in [0.3, 0.4) is 0 Å². The van der Waals surface area contributed by atoms with Crippen molar-refractivity contribution in [1.82, 2.24) is 5.32 Å². The van der Waals surface area contributed by atoms with E-state index in [1.165, 1.54) is 25.1 Å². The van der Waals surface area contributed by atoms with Gasteiger partial charge < -0.3 is 0 Å². The second kappa shape index (κ2) is 10.4. The van der Waals surface area contributed by atoms with Gasteiger partial charge in [0, 0.05) is 0 Å². The summed E-state index contributed by atoms with van der Waals surface area (Å²) in [7, 11) is 1.71. The van der Waals surface area contributed by atoms with Gasteiger partial charge in [-0.1, -0.05) is 0 Å². The quantitative estimate of drug-likeness (QED) is 0.404. The van der Waals surface area contributed by atoms with Crippen LogP contribution in [0, 0.1) is 0 Å². The number of rotatable bonds is 9. The van der Waals surface area contributed by atoms with Gasteiger partial charge in [0.25, 0.3) is 0 Å². The van der Waals surface area contributed by atoms with E-state index in [1.54, 1.807) is 7.11 Å². The van der Waals surface area contributed by atoms with E-state index in [0.29, 0.717) is 15.0 Å². The Morgan fingerprint density at radius 3 is 2.38 bits per heavy atom. The van der Waals surface area contributed by atoms with E-state index in [-0.39, 0.29) is 0 Å². The monoisotopic (exact) mass is 429 g/mol. The van der Waals surface area contributed by atoms with Crippen molar-refractivity contribution in [2.24, 2.45) is 0 Å². The van der Waals surface area contributed by atoms with Gasteiger partial charge in [-0.15, -0.1) is 0 Å². The first-order chi connectivity index (χ1) is 12.8. The SMILES string of the molecule is COc1ccc([Se]CCNCc2ccccc2Sc2ccccc2)cc1. The fourth-order valence-electron chi connectivity index (χ4n) is 2.50. The van der Waals surface area contributed by atoms with Crippen LogP contribution in [0.25, 0.3) is 0 Å². The molecule has 0 radical (unpaired) electrons. The van der Waals surface area contributed by atoms with Crippen molar-refractivity contribution >= 4 is 31.2 Å². The number of ether oxygens (including phenoxy) is 1. The molecular formula is C22H23NOSSe. The van der Waals surface area contributed by atoms with E-state index in [2.05, 4.69) is 72.0 Å². The fourth-order valence-corrected chi connectivity index (χ4v) is 5.17. The summed E-state index contributed by atoms with van der Waals surface area (Å²) in [5.74, 6) is 0.926. The number of nitrogens with one attached hydrogen (secondary N) is 1. The average molecular weight is 428 g/mol. The molecule has 0 unspecified atom stereocenters. The molecule has 3 aromatic carbocycles. The van der Waals surface area contributed by atoms with Gasteiger partial charge in [0.1, 0.15) is 0 Å². The molecule has 0 bridgehead atoms. The van der Waals surface area contributed by atoms with E-state index in [9.17, 15) is 0 Å². The molecule has 0 saturated carbocycles. The van der Waals surface area contributed by atoms with Crippen molar-refractivity contribution < 1.29 is 4.74 Å². The summed E-state index contributed by atoms with van der Waals surface area (Å²) in [5, 5.41) is 4.79. The van der Waals surface area contributed by atoms with Gasteiger partial charge in [0.05, 0.1) is 0 Å². The van der Waals surface area contributed by atoms with Crippen LogP contribution in [0.4, 0.5) is 0 Å². The molecule has 0 saturated heterocycles. The maximum atomic E-state index is 5.21. The van der Waals surface area contributed by atoms with Crippen molar-refractivity contribution in [3.63, 3.8) is 0 Å². The molecular weight excluding hydrogens is 405 g/mol. The Kier molecular flexibility index (Phi) is 7.66. The molecule has 0 heterocycles. The molecule has 0 aliphatic rings. The van der Waals surface area contributed by atoms with Crippen LogP contribution in [0.15, 0.2) is 88.7 Å². The summed E-state index contributed by atoms with van der Waals surface area (Å²) in [6.45, 7) is 1.95. The molecule has 0 aromatic heterocycles. The summed E-state index contributed by atoms with van der Waals surface area (Å²) in [5.41, 5.74) is 1.36. The molecule has 26 heavy (non-hydrogen) atoms. The van der Waals surface area contributed by atoms with Crippen molar-refractivity contribution in [3.8, 4) is 5.75 Å². The number of hydrogen-bond donors (Lipinski definition) is 1. The van der Waals surface area contributed by atoms with Crippen LogP contribution in [0.5, 0.6) is 5.75 Å². The van der Waals surface area contributed by atoms with Gasteiger partial charge >= 0.3 is 167 Å². The van der Waals surface area contributed by atoms with Crippen LogP contribution < -0.4 is 14.5 Å². The maximum absolute atomic E-state index is 5.21. The first-order valence-electron chi connectivity index (χ1n) is 8.63. The number of benzene rings is 3. The van der Waals surface area contributed by atoms with E-state index >= 15 is 0 Å².